The third-order valence-electron chi connectivity index (χ3n) is 4.62. The van der Waals surface area contributed by atoms with Crippen LogP contribution < -0.4 is 5.32 Å². The molecule has 3 heteroatoms. The fourth-order valence-electron chi connectivity index (χ4n) is 3.22. The van der Waals surface area contributed by atoms with Gasteiger partial charge in [0.2, 0.25) is 0 Å². The van der Waals surface area contributed by atoms with Gasteiger partial charge in [-0.05, 0) is 67.5 Å². The smallest absolute Gasteiger partial charge is 0.256 e. The van der Waals surface area contributed by atoms with Gasteiger partial charge in [0.05, 0.1) is 5.69 Å². The summed E-state index contributed by atoms with van der Waals surface area (Å²) in [6, 6.07) is 9.11. The average molecular weight is 323 g/mol. The molecule has 2 aromatic carbocycles. The summed E-state index contributed by atoms with van der Waals surface area (Å²) in [4.78, 5) is 12.6. The third-order valence-corrected chi connectivity index (χ3v) is 4.62. The molecule has 0 aliphatic heterocycles. The molecule has 0 heterocycles. The second kappa shape index (κ2) is 6.60. The Bertz CT molecular complexity index is 823. The molecular formula is C21H22FNO. The van der Waals surface area contributed by atoms with Gasteiger partial charge in [-0.15, -0.1) is 0 Å². The van der Waals surface area contributed by atoms with Crippen LogP contribution in [0.2, 0.25) is 0 Å². The molecule has 24 heavy (non-hydrogen) atoms. The van der Waals surface area contributed by atoms with Gasteiger partial charge in [-0.3, -0.25) is 4.79 Å². The average Bonchev–Trinajstić information content (AvgIpc) is 2.55. The highest BCUT2D eigenvalue weighted by atomic mass is 19.1. The summed E-state index contributed by atoms with van der Waals surface area (Å²) in [5.74, 6) is -0.642. The van der Waals surface area contributed by atoms with Crippen molar-refractivity contribution >= 4 is 11.6 Å². The number of benzene rings is 2. The van der Waals surface area contributed by atoms with E-state index < -0.39 is 0 Å². The number of allylic oxidation sites excluding steroid dienone is 1. The first-order valence-electron chi connectivity index (χ1n) is 8.36. The molecule has 0 spiro atoms. The monoisotopic (exact) mass is 323 g/mol. The lowest BCUT2D eigenvalue weighted by atomic mass is 9.88. The molecule has 0 saturated carbocycles. The molecule has 3 rings (SSSR count). The minimum absolute atomic E-state index is 0.255. The van der Waals surface area contributed by atoms with E-state index in [1.54, 1.807) is 6.07 Å². The SMILES string of the molecule is C=C1CCc2cc(NC(=O)c3cc(C)ccc3CC)c(F)cc2C1. The molecule has 0 fully saturated rings. The Labute approximate surface area is 142 Å². The summed E-state index contributed by atoms with van der Waals surface area (Å²) in [5.41, 5.74) is 6.06. The van der Waals surface area contributed by atoms with E-state index in [0.717, 1.165) is 53.5 Å². The van der Waals surface area contributed by atoms with E-state index in [-0.39, 0.29) is 17.4 Å². The van der Waals surface area contributed by atoms with Crippen LogP contribution in [0.3, 0.4) is 0 Å². The molecule has 124 valence electrons. The minimum atomic E-state index is -0.387. The number of fused-ring (bicyclic) bond motifs is 1. The van der Waals surface area contributed by atoms with Crippen LogP contribution >= 0.6 is 0 Å². The van der Waals surface area contributed by atoms with Crippen LogP contribution in [0.25, 0.3) is 0 Å². The molecule has 0 unspecified atom stereocenters. The van der Waals surface area contributed by atoms with Gasteiger partial charge in [0.15, 0.2) is 0 Å². The van der Waals surface area contributed by atoms with Crippen molar-refractivity contribution in [3.8, 4) is 0 Å². The summed E-state index contributed by atoms with van der Waals surface area (Å²) in [5, 5.41) is 2.75. The largest absolute Gasteiger partial charge is 0.319 e. The summed E-state index contributed by atoms with van der Waals surface area (Å²) in [6.45, 7) is 7.94. The van der Waals surface area contributed by atoms with E-state index in [1.165, 1.54) is 6.07 Å². The quantitative estimate of drug-likeness (QED) is 0.792. The maximum atomic E-state index is 14.4. The highest BCUT2D eigenvalue weighted by molar-refractivity contribution is 6.05. The molecular weight excluding hydrogens is 301 g/mol. The zero-order valence-electron chi connectivity index (χ0n) is 14.2. The molecule has 1 N–H and O–H groups in total. The van der Waals surface area contributed by atoms with E-state index in [9.17, 15) is 9.18 Å². The van der Waals surface area contributed by atoms with Crippen molar-refractivity contribution in [1.82, 2.24) is 0 Å². The fraction of sp³-hybridized carbons (Fsp3) is 0.286. The number of carbonyl (C=O) groups is 1. The van der Waals surface area contributed by atoms with Crippen molar-refractivity contribution < 1.29 is 9.18 Å². The van der Waals surface area contributed by atoms with Crippen molar-refractivity contribution in [2.75, 3.05) is 5.32 Å². The predicted octanol–water partition coefficient (Wildman–Crippen LogP) is 4.99. The van der Waals surface area contributed by atoms with Crippen molar-refractivity contribution in [1.29, 1.82) is 0 Å². The highest BCUT2D eigenvalue weighted by Crippen LogP contribution is 2.29. The Kier molecular flexibility index (Phi) is 4.52. The summed E-state index contributed by atoms with van der Waals surface area (Å²) >= 11 is 0. The highest BCUT2D eigenvalue weighted by Gasteiger charge is 2.18. The summed E-state index contributed by atoms with van der Waals surface area (Å²) in [6.07, 6.45) is 3.25. The topological polar surface area (TPSA) is 29.1 Å². The Balaban J connectivity index is 1.90. The number of aryl methyl sites for hydroxylation is 3. The zero-order valence-corrected chi connectivity index (χ0v) is 14.2. The van der Waals surface area contributed by atoms with Crippen LogP contribution in [0.4, 0.5) is 10.1 Å². The first-order valence-corrected chi connectivity index (χ1v) is 8.36. The molecule has 0 saturated heterocycles. The van der Waals surface area contributed by atoms with Gasteiger partial charge in [0.1, 0.15) is 5.82 Å². The maximum absolute atomic E-state index is 14.4. The normalized spacial score (nSPS) is 13.5. The van der Waals surface area contributed by atoms with Gasteiger partial charge in [-0.25, -0.2) is 4.39 Å². The number of halogens is 1. The number of nitrogens with one attached hydrogen (secondary N) is 1. The predicted molar refractivity (Wildman–Crippen MR) is 96.1 cm³/mol. The van der Waals surface area contributed by atoms with E-state index in [0.29, 0.717) is 5.56 Å². The maximum Gasteiger partial charge on any atom is 0.256 e. The van der Waals surface area contributed by atoms with Crippen molar-refractivity contribution in [3.05, 3.63) is 76.1 Å². The van der Waals surface area contributed by atoms with Crippen molar-refractivity contribution in [3.63, 3.8) is 0 Å². The third kappa shape index (κ3) is 3.25. The number of rotatable bonds is 3. The number of amides is 1. The van der Waals surface area contributed by atoms with Gasteiger partial charge in [0.25, 0.3) is 5.91 Å². The number of hydrogen-bond acceptors (Lipinski definition) is 1. The fourth-order valence-corrected chi connectivity index (χ4v) is 3.22. The number of carbonyl (C=O) groups excluding carboxylic acids is 1. The van der Waals surface area contributed by atoms with Crippen molar-refractivity contribution in [2.24, 2.45) is 0 Å². The lowest BCUT2D eigenvalue weighted by molar-refractivity contribution is 0.102. The minimum Gasteiger partial charge on any atom is -0.319 e. The molecule has 0 aromatic heterocycles. The van der Waals surface area contributed by atoms with Crippen LogP contribution in [0.5, 0.6) is 0 Å². The van der Waals surface area contributed by atoms with Gasteiger partial charge in [-0.1, -0.05) is 36.8 Å². The van der Waals surface area contributed by atoms with E-state index in [4.69, 9.17) is 0 Å². The second-order valence-electron chi connectivity index (χ2n) is 6.50. The number of hydrogen-bond donors (Lipinski definition) is 1. The number of anilines is 1. The summed E-state index contributed by atoms with van der Waals surface area (Å²) in [7, 11) is 0. The summed E-state index contributed by atoms with van der Waals surface area (Å²) < 4.78 is 14.4. The molecule has 2 nitrogen and oxygen atoms in total. The van der Waals surface area contributed by atoms with E-state index >= 15 is 0 Å². The van der Waals surface area contributed by atoms with Gasteiger partial charge in [0, 0.05) is 5.56 Å². The standard InChI is InChI=1S/C21H22FNO/c1-4-15-7-5-14(3)10-18(15)21(24)23-20-12-16-8-6-13(2)9-17(16)11-19(20)22/h5,7,10-12H,2,4,6,8-9H2,1,3H3,(H,23,24). The molecule has 1 aliphatic carbocycles. The van der Waals surface area contributed by atoms with Crippen molar-refractivity contribution in [2.45, 2.75) is 39.5 Å². The van der Waals surface area contributed by atoms with E-state index in [2.05, 4.69) is 11.9 Å². The molecule has 2 aromatic rings. The Morgan fingerprint density at radius 1 is 1.21 bits per heavy atom. The molecule has 1 amide bonds. The Morgan fingerprint density at radius 3 is 2.75 bits per heavy atom. The Hall–Kier alpha value is -2.42. The Morgan fingerprint density at radius 2 is 2.00 bits per heavy atom. The molecule has 0 atom stereocenters. The van der Waals surface area contributed by atoms with Crippen LogP contribution in [0.15, 0.2) is 42.5 Å². The zero-order chi connectivity index (χ0) is 17.3. The molecule has 1 aliphatic rings. The van der Waals surface area contributed by atoms with Gasteiger partial charge in [-0.2, -0.15) is 0 Å². The van der Waals surface area contributed by atoms with Crippen LogP contribution in [-0.2, 0) is 19.3 Å². The lowest BCUT2D eigenvalue weighted by Gasteiger charge is -2.19. The van der Waals surface area contributed by atoms with Crippen LogP contribution in [0, 0.1) is 12.7 Å². The molecule has 0 radical (unpaired) electrons. The molecule has 0 bridgehead atoms. The van der Waals surface area contributed by atoms with Crippen LogP contribution in [-0.4, -0.2) is 5.91 Å². The first-order chi connectivity index (χ1) is 11.5. The van der Waals surface area contributed by atoms with Gasteiger partial charge < -0.3 is 5.32 Å². The van der Waals surface area contributed by atoms with Crippen LogP contribution in [0.1, 0.15) is 46.0 Å². The second-order valence-corrected chi connectivity index (χ2v) is 6.50. The lowest BCUT2D eigenvalue weighted by Crippen LogP contribution is -2.16. The van der Waals surface area contributed by atoms with Gasteiger partial charge >= 0.3 is 0 Å². The van der Waals surface area contributed by atoms with E-state index in [1.807, 2.05) is 32.0 Å². The first kappa shape index (κ1) is 16.4.